The monoisotopic (exact) mass is 1080 g/mol. The molecule has 0 aliphatic rings. The number of aryl methyl sites for hydroxylation is 6. The number of carbonyl (C=O) groups excluding carboxylic acids is 8. The van der Waals surface area contributed by atoms with Gasteiger partial charge in [0.15, 0.2) is 0 Å². The fourth-order valence-corrected chi connectivity index (χ4v) is 31.4. The van der Waals surface area contributed by atoms with Gasteiger partial charge in [0, 0.05) is 0 Å². The van der Waals surface area contributed by atoms with Gasteiger partial charge in [-0.3, -0.25) is 0 Å². The molecule has 0 atom stereocenters. The van der Waals surface area contributed by atoms with E-state index < -0.39 is 67.1 Å². The summed E-state index contributed by atoms with van der Waals surface area (Å²) in [6, 6.07) is 40.0. The molecule has 0 saturated heterocycles. The zero-order valence-corrected chi connectivity index (χ0v) is 43.4. The summed E-state index contributed by atoms with van der Waals surface area (Å²) >= 11 is -12.4. The van der Waals surface area contributed by atoms with E-state index in [0.717, 1.165) is 0 Å². The van der Waals surface area contributed by atoms with Crippen LogP contribution < -0.4 is 0 Å². The van der Waals surface area contributed by atoms with E-state index >= 15 is 38.4 Å². The Balaban J connectivity index is 1.39. The Morgan fingerprint density at radius 1 is 0.277 bits per heavy atom. The fourth-order valence-electron chi connectivity index (χ4n) is 8.68. The molecule has 328 valence electrons. The Hall–Kier alpha value is -5.72. The van der Waals surface area contributed by atoms with Crippen LogP contribution in [0.3, 0.4) is 0 Å². The standard InChI is InChI=1S/6C8H7O.C7H10O2.2Sn/c6*1-7-4-2-3-5-8(7)6-9;8-6-4-2-1-3-5-7-9;;/h6*2-5H,1H3;1-5H2;;. The fraction of sp³-hybridized carbons (Fsp3) is 0.200. The van der Waals surface area contributed by atoms with Crippen molar-refractivity contribution in [3.8, 4) is 0 Å². The van der Waals surface area contributed by atoms with Crippen LogP contribution in [0.1, 0.15) is 128 Å². The number of benzene rings is 6. The average molecular weight is 1080 g/mol. The van der Waals surface area contributed by atoms with Crippen molar-refractivity contribution in [3.63, 3.8) is 0 Å². The molecule has 65 heavy (non-hydrogen) atoms. The van der Waals surface area contributed by atoms with Crippen LogP contribution >= 0.6 is 0 Å². The summed E-state index contributed by atoms with van der Waals surface area (Å²) in [4.78, 5) is 121. The number of rotatable bonds is 20. The summed E-state index contributed by atoms with van der Waals surface area (Å²) in [5, 5.41) is 0. The molecule has 6 rings (SSSR count). The van der Waals surface area contributed by atoms with Crippen LogP contribution in [0.15, 0.2) is 146 Å². The molecule has 10 heteroatoms. The number of hydrogen-bond acceptors (Lipinski definition) is 8. The van der Waals surface area contributed by atoms with Crippen molar-refractivity contribution in [2.24, 2.45) is 0 Å². The van der Waals surface area contributed by atoms with E-state index in [1.807, 2.05) is 0 Å². The van der Waals surface area contributed by atoms with E-state index in [4.69, 9.17) is 0 Å². The summed E-state index contributed by atoms with van der Waals surface area (Å²) in [5.41, 5.74) is 4.17. The van der Waals surface area contributed by atoms with Crippen LogP contribution in [0, 0.1) is 41.5 Å². The molecule has 0 radical (unpaired) electrons. The second kappa shape index (κ2) is 21.1. The van der Waals surface area contributed by atoms with Crippen molar-refractivity contribution in [1.82, 2.24) is 0 Å². The molecular weight excluding hydrogens is 1030 g/mol. The van der Waals surface area contributed by atoms with Crippen molar-refractivity contribution in [3.05, 3.63) is 212 Å². The molecule has 0 bridgehead atoms. The molecule has 6 aromatic rings. The van der Waals surface area contributed by atoms with Crippen LogP contribution in [-0.2, 0) is 9.59 Å². The molecule has 6 aromatic carbocycles. The van der Waals surface area contributed by atoms with Crippen LogP contribution in [0.25, 0.3) is 0 Å². The third kappa shape index (κ3) is 9.38. The second-order valence-electron chi connectivity index (χ2n) is 16.8. The SMILES string of the molecule is Cc1ccccc1[C](=O)[Sn]([C](=O)CCCCC[C](=O)[Sn]([C](=O)c1ccccc1C)([C](=O)c1ccccc1C)[C](=O)c1ccccc1C)([C](=O)c1ccccc1C)[C](=O)c1ccccc1C. The first-order valence-electron chi connectivity index (χ1n) is 21.8. The molecule has 0 amide bonds. The zero-order chi connectivity index (χ0) is 47.1. The van der Waals surface area contributed by atoms with Gasteiger partial charge < -0.3 is 0 Å². The number of unbranched alkanes of at least 4 members (excludes halogenated alkanes) is 2. The predicted octanol–water partition coefficient (Wildman–Crippen LogP) is 10.4. The van der Waals surface area contributed by atoms with E-state index in [9.17, 15) is 0 Å². The third-order valence-corrected chi connectivity index (χ3v) is 35.0. The van der Waals surface area contributed by atoms with Gasteiger partial charge in [-0.05, 0) is 0 Å². The molecule has 0 aromatic heterocycles. The predicted molar refractivity (Wildman–Crippen MR) is 258 cm³/mol. The first-order chi connectivity index (χ1) is 31.1. The topological polar surface area (TPSA) is 137 Å². The summed E-state index contributed by atoms with van der Waals surface area (Å²) < 4.78 is -5.61. The van der Waals surface area contributed by atoms with Gasteiger partial charge in [0.1, 0.15) is 0 Å². The molecule has 0 heterocycles. The van der Waals surface area contributed by atoms with Gasteiger partial charge in [0.25, 0.3) is 0 Å². The molecule has 0 aliphatic heterocycles. The number of carbonyl (C=O) groups is 8. The van der Waals surface area contributed by atoms with Crippen molar-refractivity contribution in [1.29, 1.82) is 0 Å². The van der Waals surface area contributed by atoms with Gasteiger partial charge in [0.2, 0.25) is 0 Å². The van der Waals surface area contributed by atoms with Crippen LogP contribution in [0.5, 0.6) is 0 Å². The quantitative estimate of drug-likeness (QED) is 0.0545. The minimum atomic E-state index is -6.22. The van der Waals surface area contributed by atoms with Crippen molar-refractivity contribution in [2.45, 2.75) is 73.6 Å². The molecular formula is C55H52O8Sn2. The Bertz CT molecular complexity index is 2420. The average Bonchev–Trinajstić information content (AvgIpc) is 3.30. The Kier molecular flexibility index (Phi) is 15.8. The third-order valence-electron chi connectivity index (χ3n) is 12.5. The molecule has 8 nitrogen and oxygen atoms in total. The zero-order valence-electron chi connectivity index (χ0n) is 37.7. The van der Waals surface area contributed by atoms with Crippen LogP contribution in [-0.4, -0.2) is 67.1 Å². The molecule has 0 unspecified atom stereocenters. The molecule has 0 N–H and O–H groups in total. The van der Waals surface area contributed by atoms with Crippen molar-refractivity contribution in [2.75, 3.05) is 0 Å². The normalized spacial score (nSPS) is 11.4. The maximum atomic E-state index is 15.2. The van der Waals surface area contributed by atoms with Crippen LogP contribution in [0.4, 0.5) is 0 Å². The van der Waals surface area contributed by atoms with E-state index in [-0.39, 0.29) is 65.5 Å². The summed E-state index contributed by atoms with van der Waals surface area (Å²) in [6.07, 6.45) is -0.192. The molecule has 0 spiro atoms. The van der Waals surface area contributed by atoms with Gasteiger partial charge in [-0.25, -0.2) is 0 Å². The van der Waals surface area contributed by atoms with E-state index in [1.165, 1.54) is 0 Å². The van der Waals surface area contributed by atoms with Gasteiger partial charge in [-0.1, -0.05) is 0 Å². The van der Waals surface area contributed by atoms with Crippen molar-refractivity contribution >= 4 is 67.1 Å². The first-order valence-corrected chi connectivity index (χ1v) is 33.2. The number of hydrogen-bond donors (Lipinski definition) is 0. The molecule has 0 saturated carbocycles. The summed E-state index contributed by atoms with van der Waals surface area (Å²) in [7, 11) is 0. The Labute approximate surface area is 388 Å². The summed E-state index contributed by atoms with van der Waals surface area (Å²) in [5.74, 6) is 0. The van der Waals surface area contributed by atoms with Crippen LogP contribution in [0.2, 0.25) is 0 Å². The summed E-state index contributed by atoms with van der Waals surface area (Å²) in [6.45, 7) is 10.3. The van der Waals surface area contributed by atoms with E-state index in [0.29, 0.717) is 33.4 Å². The van der Waals surface area contributed by atoms with Gasteiger partial charge in [-0.2, -0.15) is 0 Å². The maximum absolute atomic E-state index is 15.2. The minimum absolute atomic E-state index is 0.0969. The molecule has 0 aliphatic carbocycles. The Morgan fingerprint density at radius 2 is 0.446 bits per heavy atom. The second-order valence-corrected chi connectivity index (χ2v) is 36.3. The van der Waals surface area contributed by atoms with Crippen molar-refractivity contribution < 1.29 is 38.4 Å². The Morgan fingerprint density at radius 3 is 0.615 bits per heavy atom. The van der Waals surface area contributed by atoms with E-state index in [2.05, 4.69) is 0 Å². The molecule has 0 fully saturated rings. The van der Waals surface area contributed by atoms with Gasteiger partial charge in [-0.15, -0.1) is 0 Å². The van der Waals surface area contributed by atoms with Gasteiger partial charge >= 0.3 is 392 Å². The van der Waals surface area contributed by atoms with Gasteiger partial charge in [0.05, 0.1) is 0 Å². The first kappa shape index (κ1) is 48.7. The van der Waals surface area contributed by atoms with E-state index in [1.54, 1.807) is 187 Å².